The zero-order valence-corrected chi connectivity index (χ0v) is 13.7. The maximum Gasteiger partial charge on any atom is 0.319 e. The van der Waals surface area contributed by atoms with Crippen LogP contribution < -0.4 is 9.47 Å². The lowest BCUT2D eigenvalue weighted by Gasteiger charge is -2.45. The number of ether oxygens (including phenoxy) is 2. The number of hydrogen-bond acceptors (Lipinski definition) is 5. The van der Waals surface area contributed by atoms with Gasteiger partial charge in [0, 0.05) is 16.9 Å². The van der Waals surface area contributed by atoms with Gasteiger partial charge in [-0.2, -0.15) is 9.97 Å². The van der Waals surface area contributed by atoms with E-state index in [1.807, 2.05) is 13.8 Å². The van der Waals surface area contributed by atoms with Gasteiger partial charge in [-0.3, -0.25) is 0 Å². The predicted molar refractivity (Wildman–Crippen MR) is 83.2 cm³/mol. The number of carbonyl (C=O) groups excluding carboxylic acids is 1. The Balaban J connectivity index is 2.27. The molecule has 0 bridgehead atoms. The first-order valence-corrected chi connectivity index (χ1v) is 7.60. The number of nitrogens with zero attached hydrogens (tertiary/aromatic N) is 3. The minimum atomic E-state index is -0.496. The molecule has 0 spiro atoms. The lowest BCUT2D eigenvalue weighted by Crippen LogP contribution is -2.45. The van der Waals surface area contributed by atoms with Crippen molar-refractivity contribution >= 4 is 5.78 Å². The monoisotopic (exact) mass is 313 g/mol. The molecule has 120 valence electrons. The van der Waals surface area contributed by atoms with Gasteiger partial charge in [0.1, 0.15) is 0 Å². The number of allylic oxidation sites excluding steroid dienone is 2. The minimum absolute atomic E-state index is 0.0705. The fourth-order valence-corrected chi connectivity index (χ4v) is 3.95. The number of aromatic nitrogens is 2. The summed E-state index contributed by atoms with van der Waals surface area (Å²) >= 11 is 0. The average Bonchev–Trinajstić information content (AvgIpc) is 2.57. The van der Waals surface area contributed by atoms with Crippen molar-refractivity contribution in [3.63, 3.8) is 0 Å². The molecule has 0 N–H and O–H groups in total. The highest BCUT2D eigenvalue weighted by Gasteiger charge is 2.49. The van der Waals surface area contributed by atoms with Gasteiger partial charge in [0.05, 0.1) is 26.5 Å². The summed E-state index contributed by atoms with van der Waals surface area (Å²) in [5, 5.41) is 0. The molecule has 3 rings (SSSR count). The standard InChI is InChI=1S/C17H19N3O3/c1-9-11-7-6-10-14(19-16(23-5)20-15(10)22-4)17(11,2)8-12(18-3)13(9)21/h8-9,11H,6-7H2,1-2,4-5H3/t9-,11-,17-/m1/s1. The van der Waals surface area contributed by atoms with Gasteiger partial charge < -0.3 is 14.3 Å². The van der Waals surface area contributed by atoms with Crippen LogP contribution in [-0.4, -0.2) is 30.0 Å². The fourth-order valence-electron chi connectivity index (χ4n) is 3.95. The fraction of sp³-hybridized carbons (Fsp3) is 0.529. The van der Waals surface area contributed by atoms with Gasteiger partial charge in [-0.1, -0.05) is 19.9 Å². The molecule has 0 radical (unpaired) electrons. The number of fused-ring (bicyclic) bond motifs is 3. The molecule has 1 aromatic heterocycles. The zero-order chi connectivity index (χ0) is 16.8. The summed E-state index contributed by atoms with van der Waals surface area (Å²) in [4.78, 5) is 24.6. The first-order valence-electron chi connectivity index (χ1n) is 7.60. The summed E-state index contributed by atoms with van der Waals surface area (Å²) < 4.78 is 10.6. The molecule has 6 nitrogen and oxygen atoms in total. The van der Waals surface area contributed by atoms with Crippen LogP contribution in [-0.2, 0) is 16.6 Å². The molecule has 2 aliphatic rings. The summed E-state index contributed by atoms with van der Waals surface area (Å²) in [6, 6.07) is 0.241. The van der Waals surface area contributed by atoms with E-state index in [9.17, 15) is 4.79 Å². The SMILES string of the molecule is [C-]#[N+]C1=C[C@@]2(C)c3nc(OC)nc(OC)c3CC[C@@H]2[C@@H](C)C1=O. The third kappa shape index (κ3) is 2.11. The van der Waals surface area contributed by atoms with Crippen LogP contribution in [0.2, 0.25) is 0 Å². The maximum absolute atomic E-state index is 12.3. The molecule has 1 heterocycles. The van der Waals surface area contributed by atoms with E-state index in [1.165, 1.54) is 7.11 Å². The smallest absolute Gasteiger partial charge is 0.319 e. The molecule has 23 heavy (non-hydrogen) atoms. The second-order valence-corrected chi connectivity index (χ2v) is 6.27. The average molecular weight is 313 g/mol. The number of ketones is 1. The first kappa shape index (κ1) is 15.5. The molecule has 1 aromatic rings. The van der Waals surface area contributed by atoms with Gasteiger partial charge in [-0.25, -0.2) is 4.85 Å². The highest BCUT2D eigenvalue weighted by molar-refractivity contribution is 6.00. The Bertz CT molecular complexity index is 750. The Labute approximate surface area is 135 Å². The Morgan fingerprint density at radius 3 is 2.70 bits per heavy atom. The highest BCUT2D eigenvalue weighted by atomic mass is 16.5. The number of carbonyl (C=O) groups is 1. The predicted octanol–water partition coefficient (Wildman–Crippen LogP) is 2.34. The summed E-state index contributed by atoms with van der Waals surface area (Å²) in [5.74, 6) is 0.347. The molecule has 0 saturated heterocycles. The van der Waals surface area contributed by atoms with Crippen molar-refractivity contribution in [3.8, 4) is 11.9 Å². The van der Waals surface area contributed by atoms with Crippen LogP contribution in [0.1, 0.15) is 31.5 Å². The summed E-state index contributed by atoms with van der Waals surface area (Å²) in [6.07, 6.45) is 3.36. The number of Topliss-reactive ketones (excluding diaryl/α,β-unsaturated/α-hetero) is 1. The van der Waals surface area contributed by atoms with Gasteiger partial charge in [-0.05, 0) is 18.8 Å². The zero-order valence-electron chi connectivity index (χ0n) is 13.7. The summed E-state index contributed by atoms with van der Waals surface area (Å²) in [7, 11) is 3.08. The van der Waals surface area contributed by atoms with Crippen LogP contribution in [0.3, 0.4) is 0 Å². The topological polar surface area (TPSA) is 65.7 Å². The first-order chi connectivity index (χ1) is 11.0. The quantitative estimate of drug-likeness (QED) is 0.784. The van der Waals surface area contributed by atoms with E-state index in [-0.39, 0.29) is 29.3 Å². The van der Waals surface area contributed by atoms with Gasteiger partial charge in [-0.15, -0.1) is 0 Å². The Hall–Kier alpha value is -2.42. The molecular weight excluding hydrogens is 294 g/mol. The van der Waals surface area contributed by atoms with E-state index in [4.69, 9.17) is 16.0 Å². The summed E-state index contributed by atoms with van der Waals surface area (Å²) in [6.45, 7) is 11.2. The molecule has 0 fully saturated rings. The van der Waals surface area contributed by atoms with Crippen molar-refractivity contribution in [2.45, 2.75) is 32.1 Å². The van der Waals surface area contributed by atoms with E-state index in [0.717, 1.165) is 24.1 Å². The third-order valence-electron chi connectivity index (χ3n) is 5.14. The van der Waals surface area contributed by atoms with Crippen molar-refractivity contribution in [1.82, 2.24) is 9.97 Å². The van der Waals surface area contributed by atoms with Crippen LogP contribution in [0.15, 0.2) is 11.8 Å². The van der Waals surface area contributed by atoms with Crippen LogP contribution in [0.4, 0.5) is 0 Å². The van der Waals surface area contributed by atoms with Crippen LogP contribution in [0, 0.1) is 18.4 Å². The third-order valence-corrected chi connectivity index (χ3v) is 5.14. The molecule has 0 saturated carbocycles. The van der Waals surface area contributed by atoms with Gasteiger partial charge in [0.2, 0.25) is 11.6 Å². The largest absolute Gasteiger partial charge is 0.481 e. The van der Waals surface area contributed by atoms with Gasteiger partial charge in [0.25, 0.3) is 0 Å². The number of methoxy groups -OCH3 is 2. The van der Waals surface area contributed by atoms with E-state index < -0.39 is 5.41 Å². The molecular formula is C17H19N3O3. The van der Waals surface area contributed by atoms with Gasteiger partial charge in [0.15, 0.2) is 5.78 Å². The number of hydrogen-bond donors (Lipinski definition) is 0. The molecule has 3 atom stereocenters. The maximum atomic E-state index is 12.3. The van der Waals surface area contributed by atoms with Crippen molar-refractivity contribution in [1.29, 1.82) is 0 Å². The van der Waals surface area contributed by atoms with E-state index in [2.05, 4.69) is 14.8 Å². The van der Waals surface area contributed by atoms with Crippen LogP contribution in [0.5, 0.6) is 11.9 Å². The molecule has 0 amide bonds. The molecule has 6 heteroatoms. The van der Waals surface area contributed by atoms with E-state index in [0.29, 0.717) is 5.88 Å². The molecule has 2 aliphatic carbocycles. The Kier molecular flexibility index (Phi) is 3.59. The number of rotatable bonds is 2. The highest BCUT2D eigenvalue weighted by Crippen LogP contribution is 2.50. The lowest BCUT2D eigenvalue weighted by molar-refractivity contribution is -0.121. The second-order valence-electron chi connectivity index (χ2n) is 6.27. The van der Waals surface area contributed by atoms with Crippen LogP contribution in [0.25, 0.3) is 4.85 Å². The normalized spacial score (nSPS) is 29.0. The lowest BCUT2D eigenvalue weighted by atomic mass is 9.58. The van der Waals surface area contributed by atoms with Crippen molar-refractivity contribution in [2.75, 3.05) is 14.2 Å². The van der Waals surface area contributed by atoms with Crippen LogP contribution >= 0.6 is 0 Å². The summed E-state index contributed by atoms with van der Waals surface area (Å²) in [5.41, 5.74) is 1.44. The van der Waals surface area contributed by atoms with E-state index in [1.54, 1.807) is 13.2 Å². The van der Waals surface area contributed by atoms with Crippen molar-refractivity contribution in [3.05, 3.63) is 34.4 Å². The van der Waals surface area contributed by atoms with Gasteiger partial charge >= 0.3 is 6.01 Å². The molecule has 0 aliphatic heterocycles. The minimum Gasteiger partial charge on any atom is -0.481 e. The van der Waals surface area contributed by atoms with Crippen molar-refractivity contribution in [2.24, 2.45) is 11.8 Å². The molecule has 0 aromatic carbocycles. The Morgan fingerprint density at radius 2 is 2.09 bits per heavy atom. The van der Waals surface area contributed by atoms with E-state index >= 15 is 0 Å². The second kappa shape index (κ2) is 5.34. The Morgan fingerprint density at radius 1 is 1.35 bits per heavy atom. The molecule has 0 unspecified atom stereocenters. The van der Waals surface area contributed by atoms with Crippen molar-refractivity contribution < 1.29 is 14.3 Å².